The van der Waals surface area contributed by atoms with Gasteiger partial charge in [-0.2, -0.15) is 4.31 Å². The van der Waals surface area contributed by atoms with Crippen LogP contribution in [0.2, 0.25) is 0 Å². The second-order valence-corrected chi connectivity index (χ2v) is 7.46. The number of hydrogen-bond acceptors (Lipinski definition) is 4. The zero-order valence-corrected chi connectivity index (χ0v) is 13.0. The van der Waals surface area contributed by atoms with Crippen molar-refractivity contribution in [2.24, 2.45) is 11.7 Å². The van der Waals surface area contributed by atoms with Crippen LogP contribution in [0.25, 0.3) is 0 Å². The highest BCUT2D eigenvalue weighted by atomic mass is 79.9. The zero-order chi connectivity index (χ0) is 14.9. The average Bonchev–Trinajstić information content (AvgIpc) is 2.87. The number of rotatable bonds is 4. The molecule has 0 aliphatic carbocycles. The molecule has 6 nitrogen and oxygen atoms in total. The number of benzene rings is 1. The van der Waals surface area contributed by atoms with Crippen LogP contribution in [0.5, 0.6) is 0 Å². The third-order valence-corrected chi connectivity index (χ3v) is 6.22. The summed E-state index contributed by atoms with van der Waals surface area (Å²) >= 11 is 3.14. The second-order valence-electron chi connectivity index (χ2n) is 4.70. The van der Waals surface area contributed by atoms with Gasteiger partial charge in [-0.15, -0.1) is 0 Å². The molecule has 0 saturated carbocycles. The first-order valence-corrected chi connectivity index (χ1v) is 8.32. The smallest absolute Gasteiger partial charge is 0.335 e. The molecule has 3 N–H and O–H groups in total. The number of carbonyl (C=O) groups is 1. The monoisotopic (exact) mass is 362 g/mol. The molecule has 1 heterocycles. The first-order valence-electron chi connectivity index (χ1n) is 6.09. The fraction of sp³-hybridized carbons (Fsp3) is 0.417. The summed E-state index contributed by atoms with van der Waals surface area (Å²) in [5.74, 6) is -0.916. The maximum Gasteiger partial charge on any atom is 0.335 e. The number of carboxylic acid groups (broad SMARTS) is 1. The summed E-state index contributed by atoms with van der Waals surface area (Å²) in [6, 6.07) is 3.90. The van der Waals surface area contributed by atoms with Gasteiger partial charge in [-0.3, -0.25) is 0 Å². The number of sulfonamides is 1. The van der Waals surface area contributed by atoms with Crippen molar-refractivity contribution in [1.82, 2.24) is 4.31 Å². The van der Waals surface area contributed by atoms with Crippen molar-refractivity contribution >= 4 is 31.9 Å². The molecule has 1 aliphatic rings. The Morgan fingerprint density at radius 3 is 2.70 bits per heavy atom. The summed E-state index contributed by atoms with van der Waals surface area (Å²) in [5, 5.41) is 8.89. The van der Waals surface area contributed by atoms with Crippen molar-refractivity contribution in [2.75, 3.05) is 19.6 Å². The van der Waals surface area contributed by atoms with Crippen LogP contribution in [0.4, 0.5) is 0 Å². The summed E-state index contributed by atoms with van der Waals surface area (Å²) in [5.41, 5.74) is 5.60. The summed E-state index contributed by atoms with van der Waals surface area (Å²) in [4.78, 5) is 10.9. The number of aromatic carboxylic acids is 1. The van der Waals surface area contributed by atoms with E-state index in [1.54, 1.807) is 0 Å². The summed E-state index contributed by atoms with van der Waals surface area (Å²) in [7, 11) is -3.62. The number of halogens is 1. The van der Waals surface area contributed by atoms with E-state index in [-0.39, 0.29) is 20.8 Å². The molecular weight excluding hydrogens is 348 g/mol. The molecule has 1 aromatic carbocycles. The number of nitrogens with two attached hydrogens (primary N) is 1. The molecule has 0 bridgehead atoms. The Morgan fingerprint density at radius 1 is 1.50 bits per heavy atom. The van der Waals surface area contributed by atoms with Crippen LogP contribution >= 0.6 is 15.9 Å². The Morgan fingerprint density at radius 2 is 2.20 bits per heavy atom. The minimum absolute atomic E-state index is 0.0390. The third kappa shape index (κ3) is 2.88. The zero-order valence-electron chi connectivity index (χ0n) is 10.6. The van der Waals surface area contributed by atoms with Crippen LogP contribution in [0.15, 0.2) is 27.6 Å². The number of nitrogens with zero attached hydrogens (tertiary/aromatic N) is 1. The second kappa shape index (κ2) is 5.80. The molecular formula is C12H15BrN2O4S. The quantitative estimate of drug-likeness (QED) is 0.835. The minimum atomic E-state index is -3.62. The average molecular weight is 363 g/mol. The molecule has 1 saturated heterocycles. The van der Waals surface area contributed by atoms with E-state index >= 15 is 0 Å². The largest absolute Gasteiger partial charge is 0.478 e. The van der Waals surface area contributed by atoms with Gasteiger partial charge in [0, 0.05) is 17.6 Å². The molecule has 1 unspecified atom stereocenters. The van der Waals surface area contributed by atoms with Crippen molar-refractivity contribution < 1.29 is 18.3 Å². The van der Waals surface area contributed by atoms with E-state index in [2.05, 4.69) is 15.9 Å². The van der Waals surface area contributed by atoms with Crippen LogP contribution in [-0.2, 0) is 10.0 Å². The van der Waals surface area contributed by atoms with Gasteiger partial charge in [0.1, 0.15) is 0 Å². The van der Waals surface area contributed by atoms with Crippen LogP contribution < -0.4 is 5.73 Å². The van der Waals surface area contributed by atoms with Crippen molar-refractivity contribution in [1.29, 1.82) is 0 Å². The maximum absolute atomic E-state index is 12.5. The number of carboxylic acids is 1. The van der Waals surface area contributed by atoms with E-state index in [1.165, 1.54) is 22.5 Å². The molecule has 2 rings (SSSR count). The van der Waals surface area contributed by atoms with Gasteiger partial charge < -0.3 is 10.8 Å². The maximum atomic E-state index is 12.5. The molecule has 0 aromatic heterocycles. The van der Waals surface area contributed by atoms with E-state index in [0.717, 1.165) is 6.42 Å². The van der Waals surface area contributed by atoms with Gasteiger partial charge >= 0.3 is 5.97 Å². The van der Waals surface area contributed by atoms with Crippen LogP contribution in [0.3, 0.4) is 0 Å². The molecule has 8 heteroatoms. The summed E-state index contributed by atoms with van der Waals surface area (Å²) in [6.45, 7) is 1.31. The van der Waals surface area contributed by atoms with Crippen molar-refractivity contribution in [2.45, 2.75) is 11.3 Å². The lowest BCUT2D eigenvalue weighted by molar-refractivity contribution is 0.0696. The molecule has 1 fully saturated rings. The molecule has 1 aliphatic heterocycles. The molecule has 0 amide bonds. The van der Waals surface area contributed by atoms with E-state index in [4.69, 9.17) is 10.8 Å². The van der Waals surface area contributed by atoms with Gasteiger partial charge in [-0.05, 0) is 53.0 Å². The normalized spacial score (nSPS) is 20.2. The summed E-state index contributed by atoms with van der Waals surface area (Å²) < 4.78 is 26.7. The number of hydrogen-bond donors (Lipinski definition) is 2. The molecule has 20 heavy (non-hydrogen) atoms. The van der Waals surface area contributed by atoms with Crippen LogP contribution in [0, 0.1) is 5.92 Å². The van der Waals surface area contributed by atoms with Crippen molar-refractivity contribution in [3.05, 3.63) is 28.2 Å². The highest BCUT2D eigenvalue weighted by Crippen LogP contribution is 2.29. The van der Waals surface area contributed by atoms with Gasteiger partial charge in [0.15, 0.2) is 0 Å². The Labute approximate surface area is 125 Å². The minimum Gasteiger partial charge on any atom is -0.478 e. The lowest BCUT2D eigenvalue weighted by Crippen LogP contribution is -2.30. The lowest BCUT2D eigenvalue weighted by atomic mass is 10.1. The first kappa shape index (κ1) is 15.4. The highest BCUT2D eigenvalue weighted by Gasteiger charge is 2.33. The topological polar surface area (TPSA) is 101 Å². The van der Waals surface area contributed by atoms with Gasteiger partial charge in [0.25, 0.3) is 0 Å². The van der Waals surface area contributed by atoms with E-state index in [0.29, 0.717) is 19.6 Å². The molecule has 0 radical (unpaired) electrons. The molecule has 0 spiro atoms. The highest BCUT2D eigenvalue weighted by molar-refractivity contribution is 9.10. The third-order valence-electron chi connectivity index (χ3n) is 3.38. The fourth-order valence-electron chi connectivity index (χ4n) is 2.19. The molecule has 110 valence electrons. The lowest BCUT2D eigenvalue weighted by Gasteiger charge is -2.17. The van der Waals surface area contributed by atoms with Crippen LogP contribution in [0.1, 0.15) is 16.8 Å². The van der Waals surface area contributed by atoms with Gasteiger partial charge in [-0.1, -0.05) is 0 Å². The van der Waals surface area contributed by atoms with Crippen molar-refractivity contribution in [3.63, 3.8) is 0 Å². The van der Waals surface area contributed by atoms with Gasteiger partial charge in [-0.25, -0.2) is 13.2 Å². The summed E-state index contributed by atoms with van der Waals surface area (Å²) in [6.07, 6.45) is 0.751. The Bertz CT molecular complexity index is 632. The van der Waals surface area contributed by atoms with Gasteiger partial charge in [0.05, 0.1) is 10.5 Å². The Hall–Kier alpha value is -0.960. The first-order chi connectivity index (χ1) is 9.36. The van der Waals surface area contributed by atoms with E-state index < -0.39 is 16.0 Å². The SMILES string of the molecule is NCC1CCN(S(=O)(=O)c2ccc(C(=O)O)cc2Br)C1. The predicted molar refractivity (Wildman–Crippen MR) is 77.0 cm³/mol. The van der Waals surface area contributed by atoms with Gasteiger partial charge in [0.2, 0.25) is 10.0 Å². The van der Waals surface area contributed by atoms with E-state index in [9.17, 15) is 13.2 Å². The molecule has 1 atom stereocenters. The molecule has 1 aromatic rings. The predicted octanol–water partition coefficient (Wildman–Crippen LogP) is 1.12. The fourth-order valence-corrected chi connectivity index (χ4v) is 4.76. The van der Waals surface area contributed by atoms with Crippen molar-refractivity contribution in [3.8, 4) is 0 Å². The van der Waals surface area contributed by atoms with Crippen LogP contribution in [-0.4, -0.2) is 43.4 Å². The standard InChI is InChI=1S/C12H15BrN2O4S/c13-10-5-9(12(16)17)1-2-11(10)20(18,19)15-4-3-8(6-14)7-15/h1-2,5,8H,3-4,6-7,14H2,(H,16,17). The Kier molecular flexibility index (Phi) is 4.48. The van der Waals surface area contributed by atoms with E-state index in [1.807, 2.05) is 0 Å². The Balaban J connectivity index is 2.33.